The molecule has 1 atom stereocenters. The summed E-state index contributed by atoms with van der Waals surface area (Å²) in [6, 6.07) is 0. The number of Topliss-reactive ketones (excluding diaryl/α,β-unsaturated/α-hetero) is 5. The summed E-state index contributed by atoms with van der Waals surface area (Å²) < 4.78 is 0. The van der Waals surface area contributed by atoms with Crippen molar-refractivity contribution in [2.24, 2.45) is 11.3 Å². The first-order valence-corrected chi connectivity index (χ1v) is 31.6. The van der Waals surface area contributed by atoms with Crippen molar-refractivity contribution < 1.29 is 28.8 Å². The van der Waals surface area contributed by atoms with Gasteiger partial charge in [0.1, 0.15) is 11.2 Å². The van der Waals surface area contributed by atoms with Gasteiger partial charge in [0.15, 0.2) is 28.7 Å². The Morgan fingerprint density at radius 1 is 0.296 bits per heavy atom. The molecule has 0 radical (unpaired) electrons. The van der Waals surface area contributed by atoms with Gasteiger partial charge < -0.3 is 4.90 Å². The molecule has 0 aromatic carbocycles. The minimum Gasteiger partial charge on any atom is -0.321 e. The maximum Gasteiger partial charge on any atom is 0.223 e. The van der Waals surface area contributed by atoms with Crippen molar-refractivity contribution in [3.05, 3.63) is 0 Å². The molecule has 7 heteroatoms. The Morgan fingerprint density at radius 2 is 0.521 bits per heavy atom. The maximum atomic E-state index is 16.1. The van der Waals surface area contributed by atoms with E-state index in [1.54, 1.807) is 0 Å². The summed E-state index contributed by atoms with van der Waals surface area (Å²) in [5.41, 5.74) is -4.51. The fourth-order valence-corrected chi connectivity index (χ4v) is 11.9. The molecule has 1 amide bonds. The van der Waals surface area contributed by atoms with E-state index >= 15 is 28.8 Å². The van der Waals surface area contributed by atoms with Crippen molar-refractivity contribution in [2.75, 3.05) is 6.54 Å². The molecule has 1 saturated heterocycles. The van der Waals surface area contributed by atoms with Crippen LogP contribution >= 0.6 is 0 Å². The molecule has 0 aromatic rings. The van der Waals surface area contributed by atoms with Gasteiger partial charge in [-0.2, -0.15) is 0 Å². The normalized spacial score (nSPS) is 15.1. The molecule has 1 heterocycles. The first kappa shape index (κ1) is 66.8. The van der Waals surface area contributed by atoms with Crippen LogP contribution in [0, 0.1) is 11.3 Å². The molecule has 1 rings (SSSR count). The van der Waals surface area contributed by atoms with Crippen molar-refractivity contribution in [3.8, 4) is 0 Å². The number of amides is 1. The minimum atomic E-state index is -2.30. The molecule has 0 spiro atoms. The molecule has 71 heavy (non-hydrogen) atoms. The fourth-order valence-electron chi connectivity index (χ4n) is 11.9. The first-order valence-electron chi connectivity index (χ1n) is 31.6. The van der Waals surface area contributed by atoms with Crippen LogP contribution in [0.3, 0.4) is 0 Å². The van der Waals surface area contributed by atoms with Crippen LogP contribution in [0.25, 0.3) is 0 Å². The molecular formula is C64H117NO6. The van der Waals surface area contributed by atoms with Gasteiger partial charge in [-0.3, -0.25) is 28.8 Å². The number of ketones is 5. The summed E-state index contributed by atoms with van der Waals surface area (Å²) in [4.78, 5) is 96.3. The smallest absolute Gasteiger partial charge is 0.223 e. The lowest BCUT2D eigenvalue weighted by molar-refractivity contribution is -0.168. The summed E-state index contributed by atoms with van der Waals surface area (Å²) in [5, 5.41) is 0. The number of hydrogen-bond donors (Lipinski definition) is 0. The Hall–Kier alpha value is -2.18. The van der Waals surface area contributed by atoms with Gasteiger partial charge in [0.2, 0.25) is 5.91 Å². The maximum absolute atomic E-state index is 16.1. The average molecular weight is 997 g/mol. The second-order valence-electron chi connectivity index (χ2n) is 22.5. The summed E-state index contributed by atoms with van der Waals surface area (Å²) in [7, 11) is 0. The van der Waals surface area contributed by atoms with Crippen LogP contribution in [0.1, 0.15) is 350 Å². The average Bonchev–Trinajstić information content (AvgIpc) is 3.71. The molecule has 1 aliphatic rings. The Kier molecular flexibility index (Phi) is 41.6. The second-order valence-corrected chi connectivity index (χ2v) is 22.5. The SMILES string of the molecule is CCCCCCCCCC(=O)C1CN(C(=O)CCCCCCCCC)C(C(=O)CCCCCCCCC)(C(=O)CCCCCCCCC)C1(C(=O)CCCCCCCCC)C(=O)CCCCCCCCC. The Morgan fingerprint density at radius 3 is 0.803 bits per heavy atom. The molecule has 1 unspecified atom stereocenters. The van der Waals surface area contributed by atoms with Gasteiger partial charge in [-0.05, 0) is 38.5 Å². The summed E-state index contributed by atoms with van der Waals surface area (Å²) in [6.07, 6.45) is 41.9. The Bertz CT molecular complexity index is 1220. The molecule has 1 fully saturated rings. The third-order valence-electron chi connectivity index (χ3n) is 16.3. The van der Waals surface area contributed by atoms with Crippen LogP contribution in [0.2, 0.25) is 0 Å². The van der Waals surface area contributed by atoms with E-state index < -0.39 is 40.0 Å². The third-order valence-corrected chi connectivity index (χ3v) is 16.3. The van der Waals surface area contributed by atoms with Crippen LogP contribution in [-0.2, 0) is 28.8 Å². The summed E-state index contributed by atoms with van der Waals surface area (Å²) in [6.45, 7) is 13.0. The minimum absolute atomic E-state index is 0.0214. The molecule has 0 aromatic heterocycles. The number of carbonyl (C=O) groups is 6. The van der Waals surface area contributed by atoms with E-state index in [1.807, 2.05) is 0 Å². The summed E-state index contributed by atoms with van der Waals surface area (Å²) in [5.74, 6) is -3.46. The van der Waals surface area contributed by atoms with E-state index in [2.05, 4.69) is 41.5 Å². The zero-order chi connectivity index (χ0) is 52.3. The molecule has 0 aliphatic carbocycles. The zero-order valence-corrected chi connectivity index (χ0v) is 48.1. The van der Waals surface area contributed by atoms with E-state index in [1.165, 1.54) is 43.4 Å². The zero-order valence-electron chi connectivity index (χ0n) is 48.1. The molecule has 0 bridgehead atoms. The van der Waals surface area contributed by atoms with Crippen molar-refractivity contribution >= 4 is 34.8 Å². The number of unbranched alkanes of at least 4 members (excludes halogenated alkanes) is 36. The van der Waals surface area contributed by atoms with E-state index in [9.17, 15) is 0 Å². The Balaban J connectivity index is 4.16. The molecular weight excluding hydrogens is 879 g/mol. The summed E-state index contributed by atoms with van der Waals surface area (Å²) >= 11 is 0. The van der Waals surface area contributed by atoms with Crippen LogP contribution in [0.15, 0.2) is 0 Å². The molecule has 1 aliphatic heterocycles. The number of rotatable bonds is 53. The highest BCUT2D eigenvalue weighted by molar-refractivity contribution is 6.27. The van der Waals surface area contributed by atoms with Crippen molar-refractivity contribution in [2.45, 2.75) is 355 Å². The Labute approximate surface area is 439 Å². The van der Waals surface area contributed by atoms with Gasteiger partial charge in [-0.1, -0.05) is 273 Å². The van der Waals surface area contributed by atoms with Crippen molar-refractivity contribution in [1.29, 1.82) is 0 Å². The third kappa shape index (κ3) is 24.8. The highest BCUT2D eigenvalue weighted by Gasteiger charge is 2.78. The molecule has 0 N–H and O–H groups in total. The predicted molar refractivity (Wildman–Crippen MR) is 301 cm³/mol. The molecule has 0 saturated carbocycles. The molecule has 414 valence electrons. The highest BCUT2D eigenvalue weighted by Crippen LogP contribution is 2.56. The quantitative estimate of drug-likeness (QED) is 0.0444. The van der Waals surface area contributed by atoms with Crippen molar-refractivity contribution in [3.63, 3.8) is 0 Å². The van der Waals surface area contributed by atoms with Crippen LogP contribution in [0.4, 0.5) is 0 Å². The standard InChI is InChI=1S/C64H117NO6/c1-7-13-19-25-31-37-43-49-57(66)56-55-65(62(71)54-48-42-36-30-24-18-12-6)64(60(69)52-46-40-34-28-22-16-10-4,61(70)53-47-41-35-29-23-17-11-5)63(56,58(67)50-44-38-32-26-20-14-8-2)59(68)51-45-39-33-27-21-15-9-3/h56H,7-55H2,1-6H3. The number of hydrogen-bond acceptors (Lipinski definition) is 6. The van der Waals surface area contributed by atoms with E-state index in [0.717, 1.165) is 193 Å². The van der Waals surface area contributed by atoms with Crippen molar-refractivity contribution in [1.82, 2.24) is 4.90 Å². The largest absolute Gasteiger partial charge is 0.321 e. The molecule has 7 nitrogen and oxygen atoms in total. The van der Waals surface area contributed by atoms with E-state index in [-0.39, 0.29) is 56.8 Å². The topological polar surface area (TPSA) is 106 Å². The number of carbonyl (C=O) groups excluding carboxylic acids is 6. The van der Waals surface area contributed by atoms with Gasteiger partial charge in [-0.25, -0.2) is 0 Å². The predicted octanol–water partition coefficient (Wildman–Crippen LogP) is 18.9. The number of nitrogens with zero attached hydrogens (tertiary/aromatic N) is 1. The number of likely N-dealkylation sites (tertiary alicyclic amines) is 1. The van der Waals surface area contributed by atoms with Gasteiger partial charge in [-0.15, -0.1) is 0 Å². The fraction of sp³-hybridized carbons (Fsp3) is 0.906. The van der Waals surface area contributed by atoms with Crippen LogP contribution < -0.4 is 0 Å². The van der Waals surface area contributed by atoms with Crippen LogP contribution in [-0.4, -0.2) is 51.8 Å². The van der Waals surface area contributed by atoms with Gasteiger partial charge in [0, 0.05) is 45.1 Å². The first-order chi connectivity index (χ1) is 34.6. The lowest BCUT2D eigenvalue weighted by Crippen LogP contribution is -2.71. The van der Waals surface area contributed by atoms with E-state index in [0.29, 0.717) is 38.5 Å². The lowest BCUT2D eigenvalue weighted by atomic mass is 9.53. The van der Waals surface area contributed by atoms with Gasteiger partial charge >= 0.3 is 0 Å². The van der Waals surface area contributed by atoms with Gasteiger partial charge in [0.25, 0.3) is 0 Å². The monoisotopic (exact) mass is 996 g/mol. The highest BCUT2D eigenvalue weighted by atomic mass is 16.2. The van der Waals surface area contributed by atoms with Gasteiger partial charge in [0.05, 0.1) is 5.92 Å². The second kappa shape index (κ2) is 44.1. The van der Waals surface area contributed by atoms with E-state index in [4.69, 9.17) is 0 Å². The van der Waals surface area contributed by atoms with Crippen LogP contribution in [0.5, 0.6) is 0 Å². The lowest BCUT2D eigenvalue weighted by Gasteiger charge is -2.47.